The van der Waals surface area contributed by atoms with Crippen molar-refractivity contribution in [1.82, 2.24) is 20.0 Å². The fraction of sp³-hybridized carbons (Fsp3) is 0.429. The number of carbonyl (C=O) groups excluding carboxylic acids is 2. The minimum Gasteiger partial charge on any atom is -0.492 e. The molecule has 2 amide bonds. The van der Waals surface area contributed by atoms with Gasteiger partial charge >= 0.3 is 0 Å². The maximum atomic E-state index is 15.7. The van der Waals surface area contributed by atoms with Gasteiger partial charge in [0.1, 0.15) is 18.2 Å². The predicted octanol–water partition coefficient (Wildman–Crippen LogP) is 7.76. The van der Waals surface area contributed by atoms with Crippen LogP contribution in [0.1, 0.15) is 79.7 Å². The Kier molecular flexibility index (Phi) is 11.5. The van der Waals surface area contributed by atoms with Crippen LogP contribution in [-0.2, 0) is 22.7 Å². The van der Waals surface area contributed by atoms with Gasteiger partial charge in [0.15, 0.2) is 0 Å². The standard InChI is InChI=1S/C49H56FN5O3/c1-2-43(35-9-5-3-6-10-35)48(36-11-7-4-8-12-36)37-13-17-42(18-14-37)58-26-25-52-23-21-34(22-24-52)29-53-32-41-16-15-40(53)33-55(41)46-28-39-31-54(30-38(39)27-44(46)50)45-19-20-47(56)51-49(45)57/h3-14,17-18,27-28,34,40-41,45H,2,15-16,19-26,29-33H2,1H3,(H,51,56,57). The minimum absolute atomic E-state index is 0.157. The lowest BCUT2D eigenvalue weighted by Gasteiger charge is -2.53. The number of fused-ring (bicyclic) bond motifs is 4. The van der Waals surface area contributed by atoms with E-state index in [-0.39, 0.29) is 23.7 Å². The Balaban J connectivity index is 0.748. The number of ether oxygens (including phenoxy) is 1. The highest BCUT2D eigenvalue weighted by Crippen LogP contribution is 2.39. The number of hydrogen-bond acceptors (Lipinski definition) is 7. The van der Waals surface area contributed by atoms with Gasteiger partial charge in [-0.1, -0.05) is 79.7 Å². The summed E-state index contributed by atoms with van der Waals surface area (Å²) in [6.45, 7) is 10.2. The molecule has 4 aromatic rings. The molecular weight excluding hydrogens is 726 g/mol. The second-order valence-electron chi connectivity index (χ2n) is 17.0. The second-order valence-corrected chi connectivity index (χ2v) is 17.0. The largest absolute Gasteiger partial charge is 0.492 e. The highest BCUT2D eigenvalue weighted by Gasteiger charge is 2.42. The Bertz CT molecular complexity index is 2120. The topological polar surface area (TPSA) is 68.4 Å². The zero-order valence-corrected chi connectivity index (χ0v) is 33.8. The maximum absolute atomic E-state index is 15.7. The highest BCUT2D eigenvalue weighted by molar-refractivity contribution is 6.00. The summed E-state index contributed by atoms with van der Waals surface area (Å²) in [6.07, 6.45) is 6.48. The van der Waals surface area contributed by atoms with Crippen LogP contribution in [0.3, 0.4) is 0 Å². The minimum atomic E-state index is -0.336. The van der Waals surface area contributed by atoms with Gasteiger partial charge in [-0.15, -0.1) is 0 Å². The highest BCUT2D eigenvalue weighted by atomic mass is 19.1. The molecule has 0 spiro atoms. The summed E-state index contributed by atoms with van der Waals surface area (Å²) >= 11 is 0. The average molecular weight is 782 g/mol. The van der Waals surface area contributed by atoms with Crippen molar-refractivity contribution in [1.29, 1.82) is 0 Å². The smallest absolute Gasteiger partial charge is 0.243 e. The summed E-state index contributed by atoms with van der Waals surface area (Å²) < 4.78 is 22.0. The molecule has 3 atom stereocenters. The molecule has 5 saturated heterocycles. The Hall–Kier alpha value is -4.83. The average Bonchev–Trinajstić information content (AvgIpc) is 3.66. The number of halogens is 1. The van der Waals surface area contributed by atoms with E-state index in [1.807, 2.05) is 6.07 Å². The lowest BCUT2D eigenvalue weighted by Crippen LogP contribution is -2.63. The van der Waals surface area contributed by atoms with Gasteiger partial charge in [-0.25, -0.2) is 4.39 Å². The van der Waals surface area contributed by atoms with E-state index in [2.05, 4.69) is 117 Å². The van der Waals surface area contributed by atoms with E-state index in [0.29, 0.717) is 56.2 Å². The van der Waals surface area contributed by atoms with E-state index in [9.17, 15) is 9.59 Å². The summed E-state index contributed by atoms with van der Waals surface area (Å²) in [6, 6.07) is 34.2. The number of likely N-dealkylation sites (tertiary alicyclic amines) is 1. The van der Waals surface area contributed by atoms with Crippen LogP contribution in [0.25, 0.3) is 11.1 Å². The number of carbonyl (C=O) groups is 2. The first-order valence-electron chi connectivity index (χ1n) is 21.6. The van der Waals surface area contributed by atoms with Crippen LogP contribution in [0.2, 0.25) is 0 Å². The van der Waals surface area contributed by atoms with Crippen molar-refractivity contribution < 1.29 is 18.7 Å². The van der Waals surface area contributed by atoms with Gasteiger partial charge in [0, 0.05) is 57.8 Å². The van der Waals surface area contributed by atoms with E-state index in [0.717, 1.165) is 69.0 Å². The first kappa shape index (κ1) is 38.7. The van der Waals surface area contributed by atoms with Gasteiger partial charge in [0.05, 0.1) is 11.7 Å². The molecule has 10 rings (SSSR count). The third-order valence-corrected chi connectivity index (χ3v) is 13.5. The number of anilines is 1. The second kappa shape index (κ2) is 17.2. The van der Waals surface area contributed by atoms with Gasteiger partial charge in [-0.3, -0.25) is 29.6 Å². The van der Waals surface area contributed by atoms with Gasteiger partial charge in [0.25, 0.3) is 0 Å². The fourth-order valence-corrected chi connectivity index (χ4v) is 10.4. The Morgan fingerprint density at radius 2 is 1.45 bits per heavy atom. The normalized spacial score (nSPS) is 23.5. The SMILES string of the molecule is CCC(=C(c1ccccc1)c1ccc(OCCN2CCC(CN3CC4CCC3CN4c3cc4c(cc3F)CN(C3CCC(=O)NC3=O)C4)CC2)cc1)c1ccccc1. The lowest BCUT2D eigenvalue weighted by molar-refractivity contribution is -0.137. The molecule has 0 saturated carbocycles. The molecule has 58 heavy (non-hydrogen) atoms. The maximum Gasteiger partial charge on any atom is 0.243 e. The number of piperazine rings is 1. The van der Waals surface area contributed by atoms with Crippen LogP contribution < -0.4 is 15.0 Å². The summed E-state index contributed by atoms with van der Waals surface area (Å²) in [7, 11) is 0. The zero-order chi connectivity index (χ0) is 39.6. The monoisotopic (exact) mass is 781 g/mol. The van der Waals surface area contributed by atoms with Crippen LogP contribution in [0.4, 0.5) is 10.1 Å². The number of imide groups is 1. The summed E-state index contributed by atoms with van der Waals surface area (Å²) in [5.74, 6) is 0.999. The number of rotatable bonds is 12. The van der Waals surface area contributed by atoms with Crippen LogP contribution >= 0.6 is 0 Å². The zero-order valence-electron chi connectivity index (χ0n) is 33.8. The van der Waals surface area contributed by atoms with Crippen molar-refractivity contribution in [2.75, 3.05) is 50.8 Å². The molecule has 1 N–H and O–H groups in total. The predicted molar refractivity (Wildman–Crippen MR) is 228 cm³/mol. The van der Waals surface area contributed by atoms with Crippen molar-refractivity contribution in [3.8, 4) is 5.75 Å². The quantitative estimate of drug-likeness (QED) is 0.117. The Morgan fingerprint density at radius 1 is 0.776 bits per heavy atom. The van der Waals surface area contributed by atoms with E-state index in [1.165, 1.54) is 47.1 Å². The first-order chi connectivity index (χ1) is 28.4. The third-order valence-electron chi connectivity index (χ3n) is 13.5. The van der Waals surface area contributed by atoms with E-state index in [1.54, 1.807) is 6.07 Å². The molecule has 8 nitrogen and oxygen atoms in total. The third kappa shape index (κ3) is 8.22. The van der Waals surface area contributed by atoms with E-state index in [4.69, 9.17) is 4.74 Å². The molecule has 9 heteroatoms. The fourth-order valence-electron chi connectivity index (χ4n) is 10.4. The molecule has 6 aliphatic heterocycles. The van der Waals surface area contributed by atoms with Crippen molar-refractivity contribution in [2.24, 2.45) is 5.92 Å². The molecule has 0 aliphatic carbocycles. The number of benzene rings is 4. The number of allylic oxidation sites excluding steroid dienone is 1. The van der Waals surface area contributed by atoms with Crippen LogP contribution in [-0.4, -0.2) is 90.5 Å². The summed E-state index contributed by atoms with van der Waals surface area (Å²) in [4.78, 5) is 33.9. The number of amides is 2. The van der Waals surface area contributed by atoms with Gasteiger partial charge < -0.3 is 9.64 Å². The van der Waals surface area contributed by atoms with E-state index < -0.39 is 0 Å². The molecule has 0 radical (unpaired) electrons. The Labute approximate surface area is 342 Å². The van der Waals surface area contributed by atoms with Crippen molar-refractivity contribution in [3.63, 3.8) is 0 Å². The van der Waals surface area contributed by atoms with Gasteiger partial charge in [-0.2, -0.15) is 0 Å². The number of nitrogens with one attached hydrogen (secondary N) is 1. The van der Waals surface area contributed by atoms with Crippen molar-refractivity contribution in [3.05, 3.63) is 131 Å². The molecule has 302 valence electrons. The van der Waals surface area contributed by atoms with Crippen LogP contribution in [0.5, 0.6) is 5.75 Å². The molecule has 3 unspecified atom stereocenters. The number of piperidine rings is 4. The molecule has 6 aliphatic rings. The van der Waals surface area contributed by atoms with Gasteiger partial charge in [-0.05, 0) is 121 Å². The molecular formula is C49H56FN5O3. The van der Waals surface area contributed by atoms with Crippen LogP contribution in [0, 0.1) is 11.7 Å². The molecule has 6 heterocycles. The lowest BCUT2D eigenvalue weighted by atomic mass is 9.87. The van der Waals surface area contributed by atoms with Crippen molar-refractivity contribution >= 4 is 28.6 Å². The number of nitrogens with zero attached hydrogens (tertiary/aromatic N) is 4. The van der Waals surface area contributed by atoms with Crippen LogP contribution in [0.15, 0.2) is 97.1 Å². The molecule has 5 fully saturated rings. The number of hydrogen-bond donors (Lipinski definition) is 1. The molecule has 2 bridgehead atoms. The molecule has 0 aromatic heterocycles. The Morgan fingerprint density at radius 3 is 2.12 bits per heavy atom. The van der Waals surface area contributed by atoms with E-state index >= 15 is 4.39 Å². The summed E-state index contributed by atoms with van der Waals surface area (Å²) in [5.41, 5.74) is 9.07. The molecule has 4 aromatic carbocycles. The summed E-state index contributed by atoms with van der Waals surface area (Å²) in [5, 5.41) is 2.47. The van der Waals surface area contributed by atoms with Gasteiger partial charge in [0.2, 0.25) is 11.8 Å². The first-order valence-corrected chi connectivity index (χ1v) is 21.6. The van der Waals surface area contributed by atoms with Crippen molar-refractivity contribution in [2.45, 2.75) is 83.1 Å².